The normalized spacial score (nSPS) is 12.9. The molecule has 1 rings (SSSR count). The first-order valence-corrected chi connectivity index (χ1v) is 5.21. The maximum absolute atomic E-state index is 13.0. The van der Waals surface area contributed by atoms with Gasteiger partial charge in [0.2, 0.25) is 0 Å². The molecule has 0 saturated heterocycles. The predicted molar refractivity (Wildman–Crippen MR) is 59.9 cm³/mol. The quantitative estimate of drug-likeness (QED) is 0.596. The molecule has 0 fully saturated rings. The number of hydrogen-bond donors (Lipinski definition) is 0. The second-order valence-electron chi connectivity index (χ2n) is 4.35. The van der Waals surface area contributed by atoms with Crippen LogP contribution in [0.15, 0.2) is 24.3 Å². The molecule has 19 heavy (non-hydrogen) atoms. The molecule has 104 valence electrons. The van der Waals surface area contributed by atoms with E-state index in [1.165, 1.54) is 0 Å². The number of terminal acetylenes is 1. The molecule has 1 aromatic rings. The summed E-state index contributed by atoms with van der Waals surface area (Å²) in [6.07, 6.45) is -0.465. The lowest BCUT2D eigenvalue weighted by molar-refractivity contribution is -0.289. The molecule has 6 heteroatoms. The summed E-state index contributed by atoms with van der Waals surface area (Å²) in [5.41, 5.74) is -2.13. The standard InChI is InChI=1S/C13H11F5O/c1-4-11(2,3)19-10-7-5-9(6-8-10)12(14,15)13(16,17)18/h1,5-8H,2-3H3. The van der Waals surface area contributed by atoms with Crippen molar-refractivity contribution in [2.24, 2.45) is 0 Å². The highest BCUT2D eigenvalue weighted by Crippen LogP contribution is 2.44. The Morgan fingerprint density at radius 1 is 1.00 bits per heavy atom. The molecule has 0 unspecified atom stereocenters. The first kappa shape index (κ1) is 15.3. The zero-order valence-electron chi connectivity index (χ0n) is 10.2. The van der Waals surface area contributed by atoms with E-state index >= 15 is 0 Å². The Morgan fingerprint density at radius 3 is 1.84 bits per heavy atom. The van der Waals surface area contributed by atoms with Crippen LogP contribution in [0.3, 0.4) is 0 Å². The van der Waals surface area contributed by atoms with E-state index in [1.807, 2.05) is 0 Å². The van der Waals surface area contributed by atoms with Gasteiger partial charge in [-0.25, -0.2) is 0 Å². The molecule has 0 aliphatic heterocycles. The fraction of sp³-hybridized carbons (Fsp3) is 0.385. The van der Waals surface area contributed by atoms with Crippen molar-refractivity contribution in [2.45, 2.75) is 31.5 Å². The molecule has 0 aliphatic rings. The molecule has 1 nitrogen and oxygen atoms in total. The summed E-state index contributed by atoms with van der Waals surface area (Å²) in [6, 6.07) is 3.37. The summed E-state index contributed by atoms with van der Waals surface area (Å²) < 4.78 is 67.7. The van der Waals surface area contributed by atoms with Crippen LogP contribution >= 0.6 is 0 Å². The van der Waals surface area contributed by atoms with E-state index < -0.39 is 23.3 Å². The Morgan fingerprint density at radius 2 is 1.47 bits per heavy atom. The second-order valence-corrected chi connectivity index (χ2v) is 4.35. The van der Waals surface area contributed by atoms with E-state index in [0.29, 0.717) is 12.1 Å². The van der Waals surface area contributed by atoms with E-state index in [2.05, 4.69) is 5.92 Å². The van der Waals surface area contributed by atoms with Crippen LogP contribution in [0.2, 0.25) is 0 Å². The monoisotopic (exact) mass is 278 g/mol. The van der Waals surface area contributed by atoms with Crippen LogP contribution < -0.4 is 4.74 Å². The third-order valence-corrected chi connectivity index (χ3v) is 2.29. The molecule has 0 aromatic heterocycles. The lowest BCUT2D eigenvalue weighted by Crippen LogP contribution is -2.33. The van der Waals surface area contributed by atoms with E-state index in [0.717, 1.165) is 12.1 Å². The molecule has 1 aromatic carbocycles. The Labute approximate surface area is 107 Å². The first-order valence-electron chi connectivity index (χ1n) is 5.21. The van der Waals surface area contributed by atoms with Gasteiger partial charge < -0.3 is 4.74 Å². The molecule has 0 aliphatic carbocycles. The average molecular weight is 278 g/mol. The number of alkyl halides is 5. The number of halogens is 5. The largest absolute Gasteiger partial charge is 0.475 e. The number of ether oxygens (including phenoxy) is 1. The minimum Gasteiger partial charge on any atom is -0.475 e. The van der Waals surface area contributed by atoms with Crippen LogP contribution in [0.5, 0.6) is 5.75 Å². The fourth-order valence-corrected chi connectivity index (χ4v) is 1.22. The lowest BCUT2D eigenvalue weighted by atomic mass is 10.1. The van der Waals surface area contributed by atoms with Crippen molar-refractivity contribution >= 4 is 0 Å². The number of hydrogen-bond acceptors (Lipinski definition) is 1. The van der Waals surface area contributed by atoms with E-state index in [1.54, 1.807) is 13.8 Å². The summed E-state index contributed by atoms with van der Waals surface area (Å²) in [5, 5.41) is 0. The van der Waals surface area contributed by atoms with Gasteiger partial charge in [0.05, 0.1) is 0 Å². The molecule has 0 radical (unpaired) electrons. The molecule has 0 spiro atoms. The molecule has 0 amide bonds. The van der Waals surface area contributed by atoms with E-state index in [9.17, 15) is 22.0 Å². The maximum atomic E-state index is 13.0. The fourth-order valence-electron chi connectivity index (χ4n) is 1.22. The summed E-state index contributed by atoms with van der Waals surface area (Å²) >= 11 is 0. The third-order valence-electron chi connectivity index (χ3n) is 2.29. The van der Waals surface area contributed by atoms with Gasteiger partial charge in [0.1, 0.15) is 5.75 Å². The highest BCUT2D eigenvalue weighted by molar-refractivity contribution is 5.31. The van der Waals surface area contributed by atoms with Crippen molar-refractivity contribution in [1.82, 2.24) is 0 Å². The Hall–Kier alpha value is -1.77. The Bertz CT molecular complexity index is 479. The third kappa shape index (κ3) is 3.37. The summed E-state index contributed by atoms with van der Waals surface area (Å²) in [5.74, 6) is -2.47. The van der Waals surface area contributed by atoms with Gasteiger partial charge in [-0.15, -0.1) is 6.42 Å². The van der Waals surface area contributed by atoms with Crippen molar-refractivity contribution in [3.05, 3.63) is 29.8 Å². The van der Waals surface area contributed by atoms with Crippen LogP contribution in [0.4, 0.5) is 22.0 Å². The summed E-state index contributed by atoms with van der Waals surface area (Å²) in [4.78, 5) is 0. The van der Waals surface area contributed by atoms with Crippen molar-refractivity contribution in [1.29, 1.82) is 0 Å². The molecule has 0 atom stereocenters. The second kappa shape index (κ2) is 4.72. The maximum Gasteiger partial charge on any atom is 0.458 e. The van der Waals surface area contributed by atoms with Gasteiger partial charge >= 0.3 is 12.1 Å². The average Bonchev–Trinajstić information content (AvgIpc) is 2.28. The van der Waals surface area contributed by atoms with Gasteiger partial charge in [-0.05, 0) is 38.1 Å². The van der Waals surface area contributed by atoms with Crippen LogP contribution in [0.25, 0.3) is 0 Å². The topological polar surface area (TPSA) is 9.23 Å². The lowest BCUT2D eigenvalue weighted by Gasteiger charge is -2.22. The van der Waals surface area contributed by atoms with Gasteiger partial charge in [-0.2, -0.15) is 22.0 Å². The van der Waals surface area contributed by atoms with Gasteiger partial charge in [0.25, 0.3) is 0 Å². The zero-order valence-corrected chi connectivity index (χ0v) is 10.2. The Balaban J connectivity index is 2.99. The van der Waals surface area contributed by atoms with Crippen molar-refractivity contribution in [3.63, 3.8) is 0 Å². The highest BCUT2D eigenvalue weighted by Gasteiger charge is 2.58. The molecule has 0 heterocycles. The molecular formula is C13H11F5O. The van der Waals surface area contributed by atoms with Crippen LogP contribution in [-0.2, 0) is 5.92 Å². The summed E-state index contributed by atoms with van der Waals surface area (Å²) in [6.45, 7) is 3.12. The minimum atomic E-state index is -5.63. The van der Waals surface area contributed by atoms with Gasteiger partial charge in [0.15, 0.2) is 5.60 Å². The minimum absolute atomic E-state index is 0.115. The first-order chi connectivity index (χ1) is 8.49. The van der Waals surface area contributed by atoms with Gasteiger partial charge in [0, 0.05) is 5.56 Å². The van der Waals surface area contributed by atoms with Crippen molar-refractivity contribution < 1.29 is 26.7 Å². The molecule has 0 bridgehead atoms. The van der Waals surface area contributed by atoms with Gasteiger partial charge in [-0.1, -0.05) is 5.92 Å². The molecule has 0 saturated carbocycles. The van der Waals surface area contributed by atoms with E-state index in [4.69, 9.17) is 11.2 Å². The molecule has 0 N–H and O–H groups in total. The SMILES string of the molecule is C#CC(C)(C)Oc1ccc(C(F)(F)C(F)(F)F)cc1. The number of benzene rings is 1. The van der Waals surface area contributed by atoms with Crippen LogP contribution in [0, 0.1) is 12.3 Å². The zero-order chi connectivity index (χ0) is 14.9. The number of rotatable bonds is 3. The van der Waals surface area contributed by atoms with Gasteiger partial charge in [-0.3, -0.25) is 0 Å². The van der Waals surface area contributed by atoms with Crippen molar-refractivity contribution in [3.8, 4) is 18.1 Å². The van der Waals surface area contributed by atoms with Crippen LogP contribution in [-0.4, -0.2) is 11.8 Å². The smallest absolute Gasteiger partial charge is 0.458 e. The Kier molecular flexibility index (Phi) is 3.80. The summed E-state index contributed by atoms with van der Waals surface area (Å²) in [7, 11) is 0. The van der Waals surface area contributed by atoms with Crippen molar-refractivity contribution in [2.75, 3.05) is 0 Å². The highest BCUT2D eigenvalue weighted by atomic mass is 19.4. The molecular weight excluding hydrogens is 267 g/mol. The predicted octanol–water partition coefficient (Wildman–Crippen LogP) is 4.13. The van der Waals surface area contributed by atoms with E-state index in [-0.39, 0.29) is 5.75 Å². The van der Waals surface area contributed by atoms with Crippen LogP contribution in [0.1, 0.15) is 19.4 Å².